The number of benzene rings is 1. The Labute approximate surface area is 167 Å². The zero-order valence-electron chi connectivity index (χ0n) is 16.9. The van der Waals surface area contributed by atoms with Crippen LogP contribution in [0.1, 0.15) is 30.7 Å². The molecular formula is C20H25F3N6. The van der Waals surface area contributed by atoms with E-state index in [1.807, 2.05) is 26.8 Å². The molecule has 0 aliphatic heterocycles. The number of nitrogens with zero attached hydrogens (tertiary/aromatic N) is 3. The fraction of sp³-hybridized carbons (Fsp3) is 0.400. The molecule has 9 heteroatoms. The first kappa shape index (κ1) is 20.9. The van der Waals surface area contributed by atoms with Crippen LogP contribution >= 0.6 is 0 Å². The Morgan fingerprint density at radius 3 is 2.52 bits per heavy atom. The van der Waals surface area contributed by atoms with Crippen LogP contribution in [0.2, 0.25) is 0 Å². The van der Waals surface area contributed by atoms with Crippen molar-refractivity contribution in [2.75, 3.05) is 17.2 Å². The lowest BCUT2D eigenvalue weighted by atomic mass is 10.1. The first-order chi connectivity index (χ1) is 13.4. The number of pyridine rings is 1. The minimum absolute atomic E-state index is 0.235. The van der Waals surface area contributed by atoms with Gasteiger partial charge in [0.1, 0.15) is 5.82 Å². The van der Waals surface area contributed by atoms with Gasteiger partial charge in [0.25, 0.3) is 0 Å². The summed E-state index contributed by atoms with van der Waals surface area (Å²) in [6.07, 6.45) is -4.37. The highest BCUT2D eigenvalue weighted by atomic mass is 19.4. The van der Waals surface area contributed by atoms with E-state index < -0.39 is 17.3 Å². The first-order valence-corrected chi connectivity index (χ1v) is 9.21. The van der Waals surface area contributed by atoms with Crippen LogP contribution in [0.25, 0.3) is 11.0 Å². The quantitative estimate of drug-likeness (QED) is 0.575. The number of hydrogen-bond donors (Lipinski definition) is 3. The molecule has 1 aromatic carbocycles. The number of rotatable bonds is 6. The van der Waals surface area contributed by atoms with Gasteiger partial charge in [0.05, 0.1) is 22.3 Å². The lowest BCUT2D eigenvalue weighted by molar-refractivity contribution is -0.137. The van der Waals surface area contributed by atoms with Crippen molar-refractivity contribution in [2.45, 2.75) is 39.0 Å². The van der Waals surface area contributed by atoms with Crippen LogP contribution in [0.5, 0.6) is 0 Å². The van der Waals surface area contributed by atoms with E-state index in [0.717, 1.165) is 28.9 Å². The maximum absolute atomic E-state index is 13.0. The van der Waals surface area contributed by atoms with Crippen LogP contribution in [-0.2, 0) is 19.8 Å². The number of halogens is 3. The van der Waals surface area contributed by atoms with Crippen LogP contribution < -0.4 is 16.4 Å². The summed E-state index contributed by atoms with van der Waals surface area (Å²) in [5.41, 5.74) is 7.68. The van der Waals surface area contributed by atoms with Gasteiger partial charge in [-0.25, -0.2) is 4.98 Å². The number of alkyl halides is 3. The molecule has 0 aliphatic rings. The third-order valence-corrected chi connectivity index (χ3v) is 4.43. The van der Waals surface area contributed by atoms with Gasteiger partial charge in [0.15, 0.2) is 5.65 Å². The van der Waals surface area contributed by atoms with Gasteiger partial charge in [-0.15, -0.1) is 0 Å². The Morgan fingerprint density at radius 1 is 1.14 bits per heavy atom. The number of nitrogens with one attached hydrogen (secondary N) is 2. The summed E-state index contributed by atoms with van der Waals surface area (Å²) in [4.78, 5) is 4.61. The van der Waals surface area contributed by atoms with Crippen molar-refractivity contribution in [1.29, 1.82) is 0 Å². The minimum atomic E-state index is -4.37. The van der Waals surface area contributed by atoms with Gasteiger partial charge < -0.3 is 16.4 Å². The van der Waals surface area contributed by atoms with E-state index in [1.54, 1.807) is 17.8 Å². The molecule has 2 aromatic heterocycles. The molecule has 0 aliphatic carbocycles. The standard InChI is InChI=1S/C20H25F3N6/c1-12-17-15(25-10-13-6-5-7-14(8-13)20(21,22)23)9-16(26-11-19(2,3)24)27-18(17)29(4)28-12/h5-9H,10-11,24H2,1-4H3,(H2,25,26,27). The predicted octanol–water partition coefficient (Wildman–Crippen LogP) is 4.06. The van der Waals surface area contributed by atoms with Crippen molar-refractivity contribution < 1.29 is 13.2 Å². The predicted molar refractivity (Wildman–Crippen MR) is 109 cm³/mol. The lowest BCUT2D eigenvalue weighted by Gasteiger charge is -2.20. The molecule has 3 rings (SSSR count). The molecule has 0 spiro atoms. The van der Waals surface area contributed by atoms with E-state index in [2.05, 4.69) is 20.7 Å². The second-order valence-electron chi connectivity index (χ2n) is 7.86. The van der Waals surface area contributed by atoms with Gasteiger partial charge in [-0.3, -0.25) is 4.68 Å². The number of hydrogen-bond acceptors (Lipinski definition) is 5. The third kappa shape index (κ3) is 4.97. The van der Waals surface area contributed by atoms with Crippen LogP contribution in [0.3, 0.4) is 0 Å². The molecule has 3 aromatic rings. The highest BCUT2D eigenvalue weighted by Crippen LogP contribution is 2.31. The molecule has 0 amide bonds. The van der Waals surface area contributed by atoms with Gasteiger partial charge in [0.2, 0.25) is 0 Å². The van der Waals surface area contributed by atoms with Gasteiger partial charge in [-0.1, -0.05) is 12.1 Å². The van der Waals surface area contributed by atoms with Crippen LogP contribution in [0.15, 0.2) is 30.3 Å². The highest BCUT2D eigenvalue weighted by Gasteiger charge is 2.30. The average molecular weight is 406 g/mol. The third-order valence-electron chi connectivity index (χ3n) is 4.43. The van der Waals surface area contributed by atoms with Gasteiger partial charge in [0, 0.05) is 31.7 Å². The zero-order chi connectivity index (χ0) is 21.4. The minimum Gasteiger partial charge on any atom is -0.380 e. The van der Waals surface area contributed by atoms with Crippen molar-refractivity contribution in [1.82, 2.24) is 14.8 Å². The molecule has 0 bridgehead atoms. The Hall–Kier alpha value is -2.81. The molecule has 4 N–H and O–H groups in total. The van der Waals surface area contributed by atoms with Gasteiger partial charge in [-0.05, 0) is 38.5 Å². The molecule has 0 saturated carbocycles. The summed E-state index contributed by atoms with van der Waals surface area (Å²) >= 11 is 0. The van der Waals surface area contributed by atoms with E-state index in [4.69, 9.17) is 5.73 Å². The molecule has 0 unspecified atom stereocenters. The Bertz CT molecular complexity index is 1020. The SMILES string of the molecule is Cc1nn(C)c2nc(NCC(C)(C)N)cc(NCc3cccc(C(F)(F)F)c3)c12. The van der Waals surface area contributed by atoms with E-state index in [9.17, 15) is 13.2 Å². The fourth-order valence-electron chi connectivity index (χ4n) is 3.05. The highest BCUT2D eigenvalue weighted by molar-refractivity contribution is 5.93. The smallest absolute Gasteiger partial charge is 0.380 e. The van der Waals surface area contributed by atoms with Crippen LogP contribution in [0.4, 0.5) is 24.7 Å². The lowest BCUT2D eigenvalue weighted by Crippen LogP contribution is -2.39. The zero-order valence-corrected chi connectivity index (χ0v) is 16.9. The normalized spacial score (nSPS) is 12.4. The number of fused-ring (bicyclic) bond motifs is 1. The van der Waals surface area contributed by atoms with E-state index >= 15 is 0 Å². The molecule has 2 heterocycles. The van der Waals surface area contributed by atoms with Crippen molar-refractivity contribution in [3.8, 4) is 0 Å². The summed E-state index contributed by atoms with van der Waals surface area (Å²) in [5, 5.41) is 11.7. The molecule has 0 saturated heterocycles. The van der Waals surface area contributed by atoms with Crippen LogP contribution in [0, 0.1) is 6.92 Å². The average Bonchev–Trinajstić information content (AvgIpc) is 2.91. The fourth-order valence-corrected chi connectivity index (χ4v) is 3.05. The largest absolute Gasteiger partial charge is 0.416 e. The summed E-state index contributed by atoms with van der Waals surface area (Å²) in [6, 6.07) is 7.12. The summed E-state index contributed by atoms with van der Waals surface area (Å²) in [5.74, 6) is 0.616. The van der Waals surface area contributed by atoms with E-state index in [0.29, 0.717) is 23.6 Å². The molecular weight excluding hydrogens is 381 g/mol. The second kappa shape index (κ2) is 7.55. The Kier molecular flexibility index (Phi) is 5.44. The van der Waals surface area contributed by atoms with Crippen molar-refractivity contribution in [3.63, 3.8) is 0 Å². The number of nitrogens with two attached hydrogens (primary N) is 1. The van der Waals surface area contributed by atoms with Gasteiger partial charge >= 0.3 is 6.18 Å². The van der Waals surface area contributed by atoms with Crippen molar-refractivity contribution in [2.24, 2.45) is 12.8 Å². The summed E-state index contributed by atoms with van der Waals surface area (Å²) < 4.78 is 40.6. The summed E-state index contributed by atoms with van der Waals surface area (Å²) in [6.45, 7) is 6.42. The maximum atomic E-state index is 13.0. The molecule has 6 nitrogen and oxygen atoms in total. The Balaban J connectivity index is 1.91. The van der Waals surface area contributed by atoms with Crippen molar-refractivity contribution >= 4 is 22.5 Å². The number of anilines is 2. The molecule has 0 fully saturated rings. The molecule has 156 valence electrons. The number of aromatic nitrogens is 3. The Morgan fingerprint density at radius 2 is 1.86 bits per heavy atom. The number of aryl methyl sites for hydroxylation is 2. The topological polar surface area (TPSA) is 80.8 Å². The summed E-state index contributed by atoms with van der Waals surface area (Å²) in [7, 11) is 1.80. The first-order valence-electron chi connectivity index (χ1n) is 9.21. The van der Waals surface area contributed by atoms with E-state index in [-0.39, 0.29) is 6.54 Å². The van der Waals surface area contributed by atoms with E-state index in [1.165, 1.54) is 6.07 Å². The monoisotopic (exact) mass is 406 g/mol. The van der Waals surface area contributed by atoms with Crippen molar-refractivity contribution in [3.05, 3.63) is 47.2 Å². The molecule has 0 radical (unpaired) electrons. The molecule has 29 heavy (non-hydrogen) atoms. The maximum Gasteiger partial charge on any atom is 0.416 e. The van der Waals surface area contributed by atoms with Gasteiger partial charge in [-0.2, -0.15) is 18.3 Å². The van der Waals surface area contributed by atoms with Crippen LogP contribution in [-0.4, -0.2) is 26.8 Å². The molecule has 0 atom stereocenters. The second-order valence-corrected chi connectivity index (χ2v) is 7.86.